The summed E-state index contributed by atoms with van der Waals surface area (Å²) in [4.78, 5) is 14.0. The summed E-state index contributed by atoms with van der Waals surface area (Å²) in [5.74, 6) is 0.168. The van der Waals surface area contributed by atoms with Crippen molar-refractivity contribution < 1.29 is 4.79 Å². The molecule has 0 saturated heterocycles. The Kier molecular flexibility index (Phi) is 5.10. The third-order valence-electron chi connectivity index (χ3n) is 4.40. The maximum Gasteiger partial charge on any atom is 0.223 e. The first-order valence-corrected chi connectivity index (χ1v) is 8.70. The lowest BCUT2D eigenvalue weighted by Gasteiger charge is -2.30. The lowest BCUT2D eigenvalue weighted by Crippen LogP contribution is -2.36. The van der Waals surface area contributed by atoms with Crippen molar-refractivity contribution >= 4 is 34.2 Å². The van der Waals surface area contributed by atoms with Gasteiger partial charge in [0.05, 0.1) is 0 Å². The van der Waals surface area contributed by atoms with E-state index < -0.39 is 0 Å². The average Bonchev–Trinajstić information content (AvgIpc) is 2.72. The fourth-order valence-electron chi connectivity index (χ4n) is 3.47. The molecule has 20 heavy (non-hydrogen) atoms. The Morgan fingerprint density at radius 2 is 2.05 bits per heavy atom. The normalized spacial score (nSPS) is 21.1. The number of nitrogens with zero attached hydrogens (tertiary/aromatic N) is 1. The summed E-state index contributed by atoms with van der Waals surface area (Å²) in [7, 11) is 0. The Hall–Kier alpha value is -0.580. The van der Waals surface area contributed by atoms with Crippen LogP contribution in [0.5, 0.6) is 0 Å². The molecule has 1 amide bonds. The summed E-state index contributed by atoms with van der Waals surface area (Å²) >= 11 is 2.38. The average molecular weight is 385 g/mol. The van der Waals surface area contributed by atoms with Crippen molar-refractivity contribution in [2.24, 2.45) is 0 Å². The molecule has 1 aromatic carbocycles. The monoisotopic (exact) mass is 385 g/mol. The first-order valence-electron chi connectivity index (χ1n) is 7.62. The van der Waals surface area contributed by atoms with Gasteiger partial charge in [-0.1, -0.05) is 33.1 Å². The summed E-state index contributed by atoms with van der Waals surface area (Å²) < 4.78 is 1.27. The van der Waals surface area contributed by atoms with E-state index in [9.17, 15) is 4.79 Å². The van der Waals surface area contributed by atoms with Crippen LogP contribution in [0.1, 0.15) is 58.4 Å². The van der Waals surface area contributed by atoms with Gasteiger partial charge in [-0.2, -0.15) is 0 Å². The molecule has 2 nitrogen and oxygen atoms in total. The number of hydrogen-bond acceptors (Lipinski definition) is 1. The lowest BCUT2D eigenvalue weighted by molar-refractivity contribution is -0.116. The van der Waals surface area contributed by atoms with E-state index in [2.05, 4.69) is 54.6 Å². The second-order valence-electron chi connectivity index (χ2n) is 5.90. The fraction of sp³-hybridized carbons (Fsp3) is 0.588. The fourth-order valence-corrected chi connectivity index (χ4v) is 3.96. The number of benzene rings is 1. The van der Waals surface area contributed by atoms with Gasteiger partial charge < -0.3 is 4.90 Å². The molecular formula is C17H24INO. The van der Waals surface area contributed by atoms with Crippen LogP contribution in [0.2, 0.25) is 0 Å². The van der Waals surface area contributed by atoms with Crippen molar-refractivity contribution in [2.75, 3.05) is 11.4 Å². The number of carbonyl (C=O) groups is 1. The van der Waals surface area contributed by atoms with Gasteiger partial charge in [0.1, 0.15) is 0 Å². The minimum atomic E-state index is 0.168. The van der Waals surface area contributed by atoms with Crippen molar-refractivity contribution in [2.45, 2.75) is 58.3 Å². The predicted molar refractivity (Wildman–Crippen MR) is 93.3 cm³/mol. The maximum atomic E-state index is 12.0. The molecule has 0 spiro atoms. The molecule has 2 rings (SSSR count). The number of rotatable bonds is 5. The summed E-state index contributed by atoms with van der Waals surface area (Å²) in [5.41, 5.74) is 2.71. The third kappa shape index (κ3) is 2.87. The van der Waals surface area contributed by atoms with Crippen LogP contribution in [0.25, 0.3) is 0 Å². The highest BCUT2D eigenvalue weighted by Crippen LogP contribution is 2.47. The minimum absolute atomic E-state index is 0.168. The topological polar surface area (TPSA) is 20.3 Å². The number of amides is 1. The lowest BCUT2D eigenvalue weighted by atomic mass is 9.74. The number of anilines is 1. The Balaban J connectivity index is 2.48. The molecule has 1 atom stereocenters. The van der Waals surface area contributed by atoms with Gasteiger partial charge in [-0.05, 0) is 59.2 Å². The minimum Gasteiger partial charge on any atom is -0.311 e. The predicted octanol–water partition coefficient (Wildman–Crippen LogP) is 4.89. The van der Waals surface area contributed by atoms with E-state index in [0.717, 1.165) is 12.2 Å². The molecule has 0 saturated carbocycles. The summed E-state index contributed by atoms with van der Waals surface area (Å²) in [6, 6.07) is 6.53. The molecule has 0 aliphatic carbocycles. The van der Waals surface area contributed by atoms with E-state index in [1.165, 1.54) is 41.2 Å². The molecule has 1 unspecified atom stereocenters. The van der Waals surface area contributed by atoms with Crippen molar-refractivity contribution in [1.82, 2.24) is 0 Å². The Morgan fingerprint density at radius 3 is 2.65 bits per heavy atom. The van der Waals surface area contributed by atoms with Crippen LogP contribution in [-0.4, -0.2) is 12.5 Å². The van der Waals surface area contributed by atoms with Gasteiger partial charge in [-0.25, -0.2) is 0 Å². The van der Waals surface area contributed by atoms with Gasteiger partial charge in [0.2, 0.25) is 5.91 Å². The van der Waals surface area contributed by atoms with Crippen molar-refractivity contribution in [1.29, 1.82) is 0 Å². The van der Waals surface area contributed by atoms with Crippen LogP contribution < -0.4 is 4.90 Å². The van der Waals surface area contributed by atoms with Crippen molar-refractivity contribution in [3.63, 3.8) is 0 Å². The smallest absolute Gasteiger partial charge is 0.223 e. The van der Waals surface area contributed by atoms with Gasteiger partial charge >= 0.3 is 0 Å². The standard InChI is InChI=1S/C17H24INO/c1-4-6-10-17(9-5-2)12-19(13(3)20)16-8-7-14(18)11-15(16)17/h7-8,11H,4-6,9-10,12H2,1-3H3. The molecule has 0 radical (unpaired) electrons. The maximum absolute atomic E-state index is 12.0. The largest absolute Gasteiger partial charge is 0.311 e. The quantitative estimate of drug-likeness (QED) is 0.662. The van der Waals surface area contributed by atoms with E-state index in [4.69, 9.17) is 0 Å². The van der Waals surface area contributed by atoms with Crippen LogP contribution >= 0.6 is 22.6 Å². The number of carbonyl (C=O) groups excluding carboxylic acids is 1. The van der Waals surface area contributed by atoms with Crippen LogP contribution in [0, 0.1) is 3.57 Å². The molecule has 1 aromatic rings. The highest BCUT2D eigenvalue weighted by Gasteiger charge is 2.42. The van der Waals surface area contributed by atoms with E-state index >= 15 is 0 Å². The van der Waals surface area contributed by atoms with E-state index in [1.807, 2.05) is 4.90 Å². The van der Waals surface area contributed by atoms with Crippen molar-refractivity contribution in [3.8, 4) is 0 Å². The molecule has 3 heteroatoms. The molecule has 1 aliphatic heterocycles. The van der Waals surface area contributed by atoms with Gasteiger partial charge in [0.25, 0.3) is 0 Å². The van der Waals surface area contributed by atoms with Crippen LogP contribution in [0.15, 0.2) is 18.2 Å². The first kappa shape index (κ1) is 15.8. The molecular weight excluding hydrogens is 361 g/mol. The molecule has 0 bridgehead atoms. The van der Waals surface area contributed by atoms with Crippen LogP contribution in [0.4, 0.5) is 5.69 Å². The van der Waals surface area contributed by atoms with Crippen molar-refractivity contribution in [3.05, 3.63) is 27.3 Å². The van der Waals surface area contributed by atoms with E-state index in [0.29, 0.717) is 0 Å². The molecule has 0 N–H and O–H groups in total. The second-order valence-corrected chi connectivity index (χ2v) is 7.15. The van der Waals surface area contributed by atoms with Crippen LogP contribution in [-0.2, 0) is 10.2 Å². The zero-order chi connectivity index (χ0) is 14.8. The van der Waals surface area contributed by atoms with E-state index in [1.54, 1.807) is 6.92 Å². The molecule has 110 valence electrons. The summed E-state index contributed by atoms with van der Waals surface area (Å²) in [6.45, 7) is 7.04. The zero-order valence-electron chi connectivity index (χ0n) is 12.7. The highest BCUT2D eigenvalue weighted by molar-refractivity contribution is 14.1. The Morgan fingerprint density at radius 1 is 1.30 bits per heavy atom. The van der Waals surface area contributed by atoms with Gasteiger partial charge in [-0.3, -0.25) is 4.79 Å². The summed E-state index contributed by atoms with van der Waals surface area (Å²) in [6.07, 6.45) is 5.97. The number of halogens is 1. The second kappa shape index (κ2) is 6.46. The Bertz CT molecular complexity index is 500. The number of unbranched alkanes of at least 4 members (excludes halogenated alkanes) is 1. The molecule has 0 aromatic heterocycles. The van der Waals surface area contributed by atoms with Gasteiger partial charge in [-0.15, -0.1) is 0 Å². The Labute approximate surface area is 136 Å². The molecule has 1 aliphatic rings. The third-order valence-corrected chi connectivity index (χ3v) is 5.07. The van der Waals surface area contributed by atoms with E-state index in [-0.39, 0.29) is 11.3 Å². The summed E-state index contributed by atoms with van der Waals surface area (Å²) in [5, 5.41) is 0. The SMILES string of the molecule is CCCCC1(CCC)CN(C(C)=O)c2ccc(I)cc21. The zero-order valence-corrected chi connectivity index (χ0v) is 14.9. The van der Waals surface area contributed by atoms with Gasteiger partial charge in [0.15, 0.2) is 0 Å². The van der Waals surface area contributed by atoms with Crippen LogP contribution in [0.3, 0.4) is 0 Å². The molecule has 1 heterocycles. The first-order chi connectivity index (χ1) is 9.54. The number of hydrogen-bond donors (Lipinski definition) is 0. The van der Waals surface area contributed by atoms with Gasteiger partial charge in [0, 0.05) is 28.1 Å². The highest BCUT2D eigenvalue weighted by atomic mass is 127. The molecule has 0 fully saturated rings. The number of fused-ring (bicyclic) bond motifs is 1.